The molecule has 0 radical (unpaired) electrons. The number of halogens is 5. The number of esters is 1. The van der Waals surface area contributed by atoms with Gasteiger partial charge >= 0.3 is 18.2 Å². The first-order chi connectivity index (χ1) is 15.8. The van der Waals surface area contributed by atoms with Gasteiger partial charge in [0, 0.05) is 18.7 Å². The molecule has 3 N–H and O–H groups in total. The summed E-state index contributed by atoms with van der Waals surface area (Å²) in [4.78, 5) is 22.9. The van der Waals surface area contributed by atoms with Crippen LogP contribution in [0.15, 0.2) is 30.9 Å². The smallest absolute Gasteiger partial charge is 0.465 e. The zero-order valence-corrected chi connectivity index (χ0v) is 18.8. The Bertz CT molecular complexity index is 799. The van der Waals surface area contributed by atoms with E-state index in [0.29, 0.717) is 12.5 Å². The van der Waals surface area contributed by atoms with Crippen LogP contribution >= 0.6 is 0 Å². The summed E-state index contributed by atoms with van der Waals surface area (Å²) in [6.07, 6.45) is -7.00. The molecule has 0 heterocycles. The fourth-order valence-corrected chi connectivity index (χ4v) is 3.24. The van der Waals surface area contributed by atoms with Gasteiger partial charge in [-0.15, -0.1) is 6.58 Å². The Balaban J connectivity index is 3.17. The van der Waals surface area contributed by atoms with E-state index in [4.69, 9.17) is 4.74 Å². The van der Waals surface area contributed by atoms with Crippen LogP contribution in [0.2, 0.25) is 0 Å². The maximum Gasteiger partial charge on any atom is 0.490 e. The molecular formula is C22H29F5N2O5. The number of amides is 1. The Kier molecular flexibility index (Phi) is 11.9. The second-order valence-electron chi connectivity index (χ2n) is 8.04. The Morgan fingerprint density at radius 2 is 1.79 bits per heavy atom. The molecule has 0 saturated carbocycles. The van der Waals surface area contributed by atoms with Gasteiger partial charge < -0.3 is 25.2 Å². The minimum Gasteiger partial charge on any atom is -0.465 e. The third-order valence-corrected chi connectivity index (χ3v) is 4.54. The maximum atomic E-state index is 13.6. The van der Waals surface area contributed by atoms with Crippen molar-refractivity contribution in [3.63, 3.8) is 0 Å². The van der Waals surface area contributed by atoms with Gasteiger partial charge in [0.15, 0.2) is 0 Å². The molecule has 0 unspecified atom stereocenters. The van der Waals surface area contributed by atoms with E-state index in [1.165, 1.54) is 6.08 Å². The number of carboxylic acid groups (broad SMARTS) is 1. The largest absolute Gasteiger partial charge is 0.490 e. The summed E-state index contributed by atoms with van der Waals surface area (Å²) in [7, 11) is 0. The van der Waals surface area contributed by atoms with E-state index in [2.05, 4.69) is 16.6 Å². The summed E-state index contributed by atoms with van der Waals surface area (Å²) in [5.41, 5.74) is -0.0441. The van der Waals surface area contributed by atoms with Crippen LogP contribution in [0.3, 0.4) is 0 Å². The first-order valence-corrected chi connectivity index (χ1v) is 10.5. The van der Waals surface area contributed by atoms with Gasteiger partial charge in [-0.25, -0.2) is 18.4 Å². The van der Waals surface area contributed by atoms with E-state index >= 15 is 0 Å². The van der Waals surface area contributed by atoms with Crippen LogP contribution in [0, 0.1) is 17.6 Å². The summed E-state index contributed by atoms with van der Waals surface area (Å²) >= 11 is 0. The summed E-state index contributed by atoms with van der Waals surface area (Å²) in [6.45, 7) is 7.36. The van der Waals surface area contributed by atoms with Crippen molar-refractivity contribution < 1.29 is 46.1 Å². The van der Waals surface area contributed by atoms with Gasteiger partial charge in [0.05, 0.1) is 19.3 Å². The number of nitrogens with one attached hydrogen (secondary N) is 2. The summed E-state index contributed by atoms with van der Waals surface area (Å²) in [5, 5.41) is 14.1. The van der Waals surface area contributed by atoms with Crippen LogP contribution < -0.4 is 10.6 Å². The van der Waals surface area contributed by atoms with Crippen molar-refractivity contribution in [3.05, 3.63) is 48.1 Å². The lowest BCUT2D eigenvalue weighted by Crippen LogP contribution is -2.53. The van der Waals surface area contributed by atoms with Gasteiger partial charge in [-0.3, -0.25) is 0 Å². The molecule has 0 spiro atoms. The minimum absolute atomic E-state index is 0.0441. The molecule has 1 rings (SSSR count). The average Bonchev–Trinajstić information content (AvgIpc) is 2.68. The number of benzene rings is 1. The first kappa shape index (κ1) is 29.3. The van der Waals surface area contributed by atoms with Crippen LogP contribution in [0.25, 0.3) is 0 Å². The zero-order chi connectivity index (χ0) is 25.9. The Morgan fingerprint density at radius 3 is 2.29 bits per heavy atom. The Morgan fingerprint density at radius 1 is 1.18 bits per heavy atom. The molecule has 1 amide bonds. The third kappa shape index (κ3) is 11.4. The van der Waals surface area contributed by atoms with E-state index < -0.39 is 48.4 Å². The number of hydrogen-bond donors (Lipinski definition) is 3. The fourth-order valence-electron chi connectivity index (χ4n) is 3.24. The van der Waals surface area contributed by atoms with Gasteiger partial charge in [0.2, 0.25) is 0 Å². The first-order valence-electron chi connectivity index (χ1n) is 10.5. The quantitative estimate of drug-likeness (QED) is 0.157. The molecule has 0 saturated heterocycles. The van der Waals surface area contributed by atoms with Crippen molar-refractivity contribution in [2.75, 3.05) is 19.8 Å². The van der Waals surface area contributed by atoms with Crippen molar-refractivity contribution in [2.24, 2.45) is 5.92 Å². The molecule has 0 aromatic heterocycles. The van der Waals surface area contributed by atoms with E-state index in [-0.39, 0.29) is 37.3 Å². The number of carbonyl (C=O) groups excluding carboxylic acids is 1. The lowest BCUT2D eigenvalue weighted by Gasteiger charge is -2.30. The molecule has 1 aromatic rings. The highest BCUT2D eigenvalue weighted by Gasteiger charge is 2.43. The molecule has 192 valence electrons. The highest BCUT2D eigenvalue weighted by Crippen LogP contribution is 2.20. The van der Waals surface area contributed by atoms with Crippen LogP contribution in [0.1, 0.15) is 25.8 Å². The number of carbonyl (C=O) groups is 2. The molecule has 1 aromatic carbocycles. The van der Waals surface area contributed by atoms with Crippen LogP contribution in [0.4, 0.5) is 26.7 Å². The van der Waals surface area contributed by atoms with Crippen LogP contribution in [-0.2, 0) is 20.7 Å². The van der Waals surface area contributed by atoms with Gasteiger partial charge in [-0.2, -0.15) is 13.2 Å². The second-order valence-corrected chi connectivity index (χ2v) is 8.04. The molecule has 3 atom stereocenters. The van der Waals surface area contributed by atoms with Gasteiger partial charge in [0.25, 0.3) is 0 Å². The highest BCUT2D eigenvalue weighted by atomic mass is 19.4. The van der Waals surface area contributed by atoms with Crippen molar-refractivity contribution in [2.45, 2.75) is 51.1 Å². The van der Waals surface area contributed by atoms with Crippen molar-refractivity contribution in [1.29, 1.82) is 0 Å². The lowest BCUT2D eigenvalue weighted by atomic mass is 9.99. The average molecular weight is 496 g/mol. The summed E-state index contributed by atoms with van der Waals surface area (Å²) in [5.74, 6) is -4.26. The summed E-state index contributed by atoms with van der Waals surface area (Å²) < 4.78 is 75.8. The molecule has 7 nitrogen and oxygen atoms in total. The predicted molar refractivity (Wildman–Crippen MR) is 113 cm³/mol. The maximum absolute atomic E-state index is 13.6. The second kappa shape index (κ2) is 13.9. The number of hydrogen-bond acceptors (Lipinski definition) is 5. The standard InChI is InChI=1S/C22H29F5N2O5/c1-4-5-33-12-17(6-13(2)3)28-11-19(34-20(30)22(25,26)27)18(29-21(31)32)9-14-7-15(23)10-16(24)8-14/h4,7-8,10,13,17-19,28-29H,1,5-6,9,11-12H2,2-3H3,(H,31,32)/t17-,18+,19-/m1/s1. The minimum atomic E-state index is -5.33. The molecule has 12 heteroatoms. The van der Waals surface area contributed by atoms with Gasteiger partial charge in [-0.05, 0) is 36.5 Å². The van der Waals surface area contributed by atoms with Gasteiger partial charge in [0.1, 0.15) is 17.7 Å². The van der Waals surface area contributed by atoms with Crippen LogP contribution in [0.5, 0.6) is 0 Å². The SMILES string of the molecule is C=CCOC[C@@H](CC(C)C)NC[C@@H](OC(=O)C(F)(F)F)[C@H](Cc1cc(F)cc(F)c1)NC(=O)O. The molecule has 0 aliphatic carbocycles. The van der Waals surface area contributed by atoms with Crippen molar-refractivity contribution >= 4 is 12.1 Å². The van der Waals surface area contributed by atoms with E-state index in [1.807, 2.05) is 19.2 Å². The topological polar surface area (TPSA) is 96.9 Å². The van der Waals surface area contributed by atoms with E-state index in [9.17, 15) is 36.6 Å². The molecular weight excluding hydrogens is 467 g/mol. The third-order valence-electron chi connectivity index (χ3n) is 4.54. The monoisotopic (exact) mass is 496 g/mol. The number of alkyl halides is 3. The highest BCUT2D eigenvalue weighted by molar-refractivity contribution is 5.76. The van der Waals surface area contributed by atoms with Crippen LogP contribution in [-0.4, -0.2) is 61.3 Å². The van der Waals surface area contributed by atoms with Crippen molar-refractivity contribution in [3.8, 4) is 0 Å². The summed E-state index contributed by atoms with van der Waals surface area (Å²) in [6, 6.07) is 0.572. The molecule has 0 aliphatic heterocycles. The van der Waals surface area contributed by atoms with E-state index in [1.54, 1.807) is 0 Å². The Hall–Kier alpha value is -2.73. The molecule has 34 heavy (non-hydrogen) atoms. The molecule has 0 aliphatic rings. The molecule has 0 fully saturated rings. The number of rotatable bonds is 14. The van der Waals surface area contributed by atoms with E-state index in [0.717, 1.165) is 12.1 Å². The molecule has 0 bridgehead atoms. The Labute approximate surface area is 194 Å². The van der Waals surface area contributed by atoms with Crippen molar-refractivity contribution in [1.82, 2.24) is 10.6 Å². The predicted octanol–water partition coefficient (Wildman–Crippen LogP) is 3.82. The zero-order valence-electron chi connectivity index (χ0n) is 18.8. The van der Waals surface area contributed by atoms with Gasteiger partial charge in [-0.1, -0.05) is 19.9 Å². The lowest BCUT2D eigenvalue weighted by molar-refractivity contribution is -0.205. The number of ether oxygens (including phenoxy) is 2. The fraction of sp³-hybridized carbons (Fsp3) is 0.545. The normalized spacial score (nSPS) is 14.4.